The van der Waals surface area contributed by atoms with Crippen LogP contribution in [0.3, 0.4) is 0 Å². The van der Waals surface area contributed by atoms with Crippen molar-refractivity contribution in [3.8, 4) is 0 Å². The van der Waals surface area contributed by atoms with E-state index in [1.54, 1.807) is 0 Å². The molecule has 1 fully saturated rings. The van der Waals surface area contributed by atoms with Gasteiger partial charge < -0.3 is 4.74 Å². The second kappa shape index (κ2) is 5.38. The number of pyridine rings is 1. The number of hydrogen-bond acceptors (Lipinski definition) is 3. The Labute approximate surface area is 115 Å². The molecule has 96 valence electrons. The minimum Gasteiger partial charge on any atom is -0.379 e. The van der Waals surface area contributed by atoms with Gasteiger partial charge in [0.2, 0.25) is 0 Å². The first kappa shape index (κ1) is 12.1. The van der Waals surface area contributed by atoms with Crippen LogP contribution in [0, 0.1) is 0 Å². The molecule has 0 aromatic carbocycles. The molecule has 18 heavy (non-hydrogen) atoms. The van der Waals surface area contributed by atoms with E-state index in [9.17, 15) is 0 Å². The van der Waals surface area contributed by atoms with Gasteiger partial charge in [-0.25, -0.2) is 4.98 Å². The number of ether oxygens (including phenoxy) is 1. The third-order valence-electron chi connectivity index (χ3n) is 3.33. The molecule has 0 bridgehead atoms. The maximum atomic E-state index is 5.36. The number of aromatic nitrogens is 2. The van der Waals surface area contributed by atoms with Gasteiger partial charge in [-0.2, -0.15) is 0 Å². The fourth-order valence-corrected chi connectivity index (χ4v) is 2.89. The zero-order chi connectivity index (χ0) is 12.4. The van der Waals surface area contributed by atoms with Crippen molar-refractivity contribution >= 4 is 21.4 Å². The highest BCUT2D eigenvalue weighted by Gasteiger charge is 2.12. The van der Waals surface area contributed by atoms with Gasteiger partial charge in [0.25, 0.3) is 0 Å². The van der Waals surface area contributed by atoms with Gasteiger partial charge in [0.05, 0.1) is 29.5 Å². The largest absolute Gasteiger partial charge is 0.379 e. The molecular formula is C13H16BrN3O. The second-order valence-electron chi connectivity index (χ2n) is 4.49. The molecule has 3 rings (SSSR count). The number of hydrogen-bond donors (Lipinski definition) is 0. The smallest absolute Gasteiger partial charge is 0.115 e. The fourth-order valence-electron chi connectivity index (χ4n) is 2.33. The van der Waals surface area contributed by atoms with Gasteiger partial charge in [-0.05, 0) is 28.1 Å². The molecule has 0 aliphatic carbocycles. The highest BCUT2D eigenvalue weighted by atomic mass is 79.9. The molecule has 0 radical (unpaired) electrons. The van der Waals surface area contributed by atoms with Crippen LogP contribution in [0.2, 0.25) is 0 Å². The first-order chi connectivity index (χ1) is 8.84. The maximum Gasteiger partial charge on any atom is 0.115 e. The van der Waals surface area contributed by atoms with E-state index in [2.05, 4.69) is 36.3 Å². The van der Waals surface area contributed by atoms with Gasteiger partial charge in [0, 0.05) is 26.1 Å². The summed E-state index contributed by atoms with van der Waals surface area (Å²) in [6, 6.07) is 6.16. The van der Waals surface area contributed by atoms with Crippen molar-refractivity contribution in [3.05, 3.63) is 34.8 Å². The van der Waals surface area contributed by atoms with E-state index in [1.165, 1.54) is 0 Å². The molecule has 4 nitrogen and oxygen atoms in total. The number of fused-ring (bicyclic) bond motifs is 1. The Hall–Kier alpha value is -0.910. The van der Waals surface area contributed by atoms with Crippen molar-refractivity contribution in [1.82, 2.24) is 14.3 Å². The van der Waals surface area contributed by atoms with Crippen LogP contribution in [0.5, 0.6) is 0 Å². The van der Waals surface area contributed by atoms with Crippen molar-refractivity contribution in [3.63, 3.8) is 0 Å². The molecule has 3 heterocycles. The summed E-state index contributed by atoms with van der Waals surface area (Å²) in [5.74, 6) is 1.11. The molecule has 0 spiro atoms. The molecule has 0 saturated carbocycles. The summed E-state index contributed by atoms with van der Waals surface area (Å²) in [5.41, 5.74) is 1.14. The van der Waals surface area contributed by atoms with E-state index < -0.39 is 0 Å². The standard InChI is InChI=1S/C13H16BrN3O/c14-12-3-1-2-11-10-15-13(17(11)12)4-5-16-6-8-18-9-7-16/h1-3,10H,4-9H2. The SMILES string of the molecule is Brc1cccc2cnc(CCN3CCOCC3)n12. The van der Waals surface area contributed by atoms with Crippen LogP contribution >= 0.6 is 15.9 Å². The fraction of sp³-hybridized carbons (Fsp3) is 0.462. The first-order valence-corrected chi connectivity index (χ1v) is 7.05. The number of nitrogens with zero attached hydrogens (tertiary/aromatic N) is 3. The summed E-state index contributed by atoms with van der Waals surface area (Å²) in [5, 5.41) is 0. The normalized spacial score (nSPS) is 17.4. The monoisotopic (exact) mass is 309 g/mol. The van der Waals surface area contributed by atoms with E-state index in [0.717, 1.165) is 55.2 Å². The Morgan fingerprint density at radius 2 is 2.11 bits per heavy atom. The van der Waals surface area contributed by atoms with E-state index >= 15 is 0 Å². The predicted octanol–water partition coefficient (Wildman–Crippen LogP) is 1.97. The molecule has 2 aromatic heterocycles. The molecule has 0 atom stereocenters. The summed E-state index contributed by atoms with van der Waals surface area (Å²) in [7, 11) is 0. The minimum absolute atomic E-state index is 0.853. The zero-order valence-electron chi connectivity index (χ0n) is 10.2. The van der Waals surface area contributed by atoms with Gasteiger partial charge in [-0.1, -0.05) is 6.07 Å². The van der Waals surface area contributed by atoms with Gasteiger partial charge in [0.1, 0.15) is 5.82 Å². The Morgan fingerprint density at radius 1 is 1.28 bits per heavy atom. The second-order valence-corrected chi connectivity index (χ2v) is 5.30. The van der Waals surface area contributed by atoms with Gasteiger partial charge in [-0.15, -0.1) is 0 Å². The molecular weight excluding hydrogens is 294 g/mol. The maximum absolute atomic E-state index is 5.36. The Balaban J connectivity index is 1.74. The predicted molar refractivity (Wildman–Crippen MR) is 73.9 cm³/mol. The highest BCUT2D eigenvalue weighted by Crippen LogP contribution is 2.16. The van der Waals surface area contributed by atoms with Crippen LogP contribution < -0.4 is 0 Å². The van der Waals surface area contributed by atoms with E-state index in [0.29, 0.717) is 0 Å². The van der Waals surface area contributed by atoms with Crippen LogP contribution in [0.1, 0.15) is 5.82 Å². The summed E-state index contributed by atoms with van der Waals surface area (Å²) in [4.78, 5) is 6.95. The Bertz CT molecular complexity index is 534. The van der Waals surface area contributed by atoms with Crippen molar-refractivity contribution in [1.29, 1.82) is 0 Å². The molecule has 1 aliphatic heterocycles. The van der Waals surface area contributed by atoms with E-state index in [1.807, 2.05) is 18.3 Å². The number of rotatable bonds is 3. The van der Waals surface area contributed by atoms with Crippen LogP contribution in [0.4, 0.5) is 0 Å². The molecule has 0 N–H and O–H groups in total. The summed E-state index contributed by atoms with van der Waals surface area (Å²) < 4.78 is 8.59. The van der Waals surface area contributed by atoms with Crippen molar-refractivity contribution in [2.75, 3.05) is 32.8 Å². The third-order valence-corrected chi connectivity index (χ3v) is 3.95. The molecule has 0 amide bonds. The topological polar surface area (TPSA) is 29.8 Å². The Morgan fingerprint density at radius 3 is 2.94 bits per heavy atom. The van der Waals surface area contributed by atoms with E-state index in [4.69, 9.17) is 4.74 Å². The molecule has 1 saturated heterocycles. The van der Waals surface area contributed by atoms with Gasteiger partial charge in [0.15, 0.2) is 0 Å². The average molecular weight is 310 g/mol. The molecule has 1 aliphatic rings. The average Bonchev–Trinajstić information content (AvgIpc) is 2.82. The number of morpholine rings is 1. The minimum atomic E-state index is 0.853. The van der Waals surface area contributed by atoms with Crippen molar-refractivity contribution in [2.45, 2.75) is 6.42 Å². The van der Waals surface area contributed by atoms with Gasteiger partial charge in [-0.3, -0.25) is 9.30 Å². The lowest BCUT2D eigenvalue weighted by atomic mass is 10.3. The van der Waals surface area contributed by atoms with Crippen LogP contribution in [-0.4, -0.2) is 47.1 Å². The molecule has 2 aromatic rings. The summed E-state index contributed by atoms with van der Waals surface area (Å²) >= 11 is 3.58. The van der Waals surface area contributed by atoms with Crippen molar-refractivity contribution < 1.29 is 4.74 Å². The van der Waals surface area contributed by atoms with E-state index in [-0.39, 0.29) is 0 Å². The van der Waals surface area contributed by atoms with Crippen LogP contribution in [-0.2, 0) is 11.2 Å². The summed E-state index contributed by atoms with van der Waals surface area (Å²) in [6.45, 7) is 4.82. The molecule has 0 unspecified atom stereocenters. The third kappa shape index (κ3) is 2.43. The Kier molecular flexibility index (Phi) is 3.63. The summed E-state index contributed by atoms with van der Waals surface area (Å²) in [6.07, 6.45) is 2.90. The highest BCUT2D eigenvalue weighted by molar-refractivity contribution is 9.10. The lowest BCUT2D eigenvalue weighted by molar-refractivity contribution is 0.0382. The lowest BCUT2D eigenvalue weighted by Crippen LogP contribution is -2.37. The zero-order valence-corrected chi connectivity index (χ0v) is 11.8. The number of halogens is 1. The number of imidazole rings is 1. The van der Waals surface area contributed by atoms with Crippen molar-refractivity contribution in [2.24, 2.45) is 0 Å². The first-order valence-electron chi connectivity index (χ1n) is 6.25. The van der Waals surface area contributed by atoms with Crippen LogP contribution in [0.15, 0.2) is 29.0 Å². The lowest BCUT2D eigenvalue weighted by Gasteiger charge is -2.26. The van der Waals surface area contributed by atoms with Crippen LogP contribution in [0.25, 0.3) is 5.52 Å². The molecule has 5 heteroatoms. The van der Waals surface area contributed by atoms with Gasteiger partial charge >= 0.3 is 0 Å². The quantitative estimate of drug-likeness (QED) is 0.812.